The number of hydrogen-bond acceptors (Lipinski definition) is 5. The van der Waals surface area contributed by atoms with Gasteiger partial charge in [0.25, 0.3) is 11.6 Å². The van der Waals surface area contributed by atoms with Gasteiger partial charge in [0.15, 0.2) is 0 Å². The van der Waals surface area contributed by atoms with Gasteiger partial charge in [-0.2, -0.15) is 0 Å². The van der Waals surface area contributed by atoms with E-state index in [1.54, 1.807) is 0 Å². The number of nitro benzene ring substituents is 1. The van der Waals surface area contributed by atoms with Crippen molar-refractivity contribution in [3.8, 4) is 0 Å². The molecular weight excluding hydrogens is 247 g/mol. The number of benzene rings is 1. The Morgan fingerprint density at radius 3 is 2.78 bits per heavy atom. The molecule has 0 fully saturated rings. The van der Waals surface area contributed by atoms with Gasteiger partial charge in [-0.1, -0.05) is 0 Å². The van der Waals surface area contributed by atoms with Crippen LogP contribution in [0.15, 0.2) is 18.2 Å². The van der Waals surface area contributed by atoms with Gasteiger partial charge in [-0.15, -0.1) is 0 Å². The number of nitro groups is 1. The number of hydroxylamine groups is 1. The van der Waals surface area contributed by atoms with Crippen LogP contribution in [0.3, 0.4) is 0 Å². The van der Waals surface area contributed by atoms with E-state index in [0.29, 0.717) is 0 Å². The summed E-state index contributed by atoms with van der Waals surface area (Å²) in [6, 6.07) is 2.56. The molecule has 0 bridgehead atoms. The van der Waals surface area contributed by atoms with Gasteiger partial charge in [-0.05, 0) is 6.07 Å². The largest absolute Gasteiger partial charge is 0.382 e. The van der Waals surface area contributed by atoms with Crippen LogP contribution in [0.5, 0.6) is 0 Å². The molecule has 0 aliphatic carbocycles. The second-order valence-electron chi connectivity index (χ2n) is 3.23. The number of carbonyl (C=O) groups is 1. The SMILES string of the molecule is COCCONC(=O)c1cc(F)cc([N+](=O)[O-])c1. The third-order valence-corrected chi connectivity index (χ3v) is 1.91. The Labute approximate surface area is 102 Å². The van der Waals surface area contributed by atoms with Gasteiger partial charge in [-0.25, -0.2) is 9.87 Å². The molecule has 18 heavy (non-hydrogen) atoms. The van der Waals surface area contributed by atoms with Crippen molar-refractivity contribution in [2.24, 2.45) is 0 Å². The van der Waals surface area contributed by atoms with Crippen LogP contribution >= 0.6 is 0 Å². The highest BCUT2D eigenvalue weighted by atomic mass is 19.1. The van der Waals surface area contributed by atoms with E-state index in [4.69, 9.17) is 4.84 Å². The van der Waals surface area contributed by atoms with Crippen LogP contribution in [0, 0.1) is 15.9 Å². The van der Waals surface area contributed by atoms with Crippen molar-refractivity contribution in [2.45, 2.75) is 0 Å². The fourth-order valence-corrected chi connectivity index (χ4v) is 1.11. The predicted molar refractivity (Wildman–Crippen MR) is 58.3 cm³/mol. The average molecular weight is 258 g/mol. The van der Waals surface area contributed by atoms with Gasteiger partial charge in [0.1, 0.15) is 5.82 Å². The lowest BCUT2D eigenvalue weighted by Crippen LogP contribution is -2.25. The van der Waals surface area contributed by atoms with Gasteiger partial charge < -0.3 is 4.74 Å². The molecule has 0 unspecified atom stereocenters. The second-order valence-corrected chi connectivity index (χ2v) is 3.23. The number of nitrogens with zero attached hydrogens (tertiary/aromatic N) is 1. The number of carbonyl (C=O) groups excluding carboxylic acids is 1. The average Bonchev–Trinajstić information content (AvgIpc) is 2.33. The number of hydrogen-bond donors (Lipinski definition) is 1. The highest BCUT2D eigenvalue weighted by molar-refractivity contribution is 5.94. The summed E-state index contributed by atoms with van der Waals surface area (Å²) >= 11 is 0. The lowest BCUT2D eigenvalue weighted by atomic mass is 10.2. The summed E-state index contributed by atoms with van der Waals surface area (Å²) in [5.74, 6) is -1.64. The van der Waals surface area contributed by atoms with Crippen molar-refractivity contribution in [1.82, 2.24) is 5.48 Å². The number of ether oxygens (including phenoxy) is 1. The van der Waals surface area contributed by atoms with Gasteiger partial charge in [-0.3, -0.25) is 19.7 Å². The summed E-state index contributed by atoms with van der Waals surface area (Å²) < 4.78 is 17.7. The zero-order valence-corrected chi connectivity index (χ0v) is 9.51. The summed E-state index contributed by atoms with van der Waals surface area (Å²) in [5, 5.41) is 10.5. The van der Waals surface area contributed by atoms with E-state index in [9.17, 15) is 19.3 Å². The smallest absolute Gasteiger partial charge is 0.275 e. The predicted octanol–water partition coefficient (Wildman–Crippen LogP) is 1.04. The number of amides is 1. The minimum Gasteiger partial charge on any atom is -0.382 e. The Bertz CT molecular complexity index is 452. The Morgan fingerprint density at radius 2 is 2.17 bits per heavy atom. The highest BCUT2D eigenvalue weighted by Crippen LogP contribution is 2.16. The van der Waals surface area contributed by atoms with Gasteiger partial charge in [0.05, 0.1) is 29.8 Å². The molecule has 1 amide bonds. The molecule has 1 rings (SSSR count). The summed E-state index contributed by atoms with van der Waals surface area (Å²) in [4.78, 5) is 25.9. The normalized spacial score (nSPS) is 10.1. The summed E-state index contributed by atoms with van der Waals surface area (Å²) in [7, 11) is 1.46. The maximum absolute atomic E-state index is 13.0. The molecule has 98 valence electrons. The molecule has 0 aliphatic heterocycles. The summed E-state index contributed by atoms with van der Waals surface area (Å²) in [6.45, 7) is 0.378. The first-order valence-corrected chi connectivity index (χ1v) is 4.90. The molecule has 1 aromatic carbocycles. The topological polar surface area (TPSA) is 90.7 Å². The van der Waals surface area contributed by atoms with Crippen LogP contribution in [0.2, 0.25) is 0 Å². The van der Waals surface area contributed by atoms with Crippen LogP contribution in [0.1, 0.15) is 10.4 Å². The molecule has 1 N–H and O–H groups in total. The van der Waals surface area contributed by atoms with Crippen LogP contribution in [-0.2, 0) is 9.57 Å². The molecule has 7 nitrogen and oxygen atoms in total. The Kier molecular flexibility index (Phi) is 5.15. The minimum atomic E-state index is -0.869. The van der Waals surface area contributed by atoms with E-state index < -0.39 is 22.3 Å². The lowest BCUT2D eigenvalue weighted by Gasteiger charge is -2.05. The molecule has 0 atom stereocenters. The van der Waals surface area contributed by atoms with Crippen LogP contribution < -0.4 is 5.48 Å². The molecule has 8 heteroatoms. The Morgan fingerprint density at radius 1 is 1.44 bits per heavy atom. The first kappa shape index (κ1) is 14.0. The fraction of sp³-hybridized carbons (Fsp3) is 0.300. The van der Waals surface area contributed by atoms with Crippen molar-refractivity contribution in [2.75, 3.05) is 20.3 Å². The van der Waals surface area contributed by atoms with E-state index >= 15 is 0 Å². The van der Waals surface area contributed by atoms with E-state index in [1.165, 1.54) is 7.11 Å². The quantitative estimate of drug-likeness (QED) is 0.467. The van der Waals surface area contributed by atoms with Crippen molar-refractivity contribution in [3.05, 3.63) is 39.7 Å². The lowest BCUT2D eigenvalue weighted by molar-refractivity contribution is -0.385. The van der Waals surface area contributed by atoms with Gasteiger partial charge >= 0.3 is 0 Å². The molecule has 0 heterocycles. The van der Waals surface area contributed by atoms with Crippen molar-refractivity contribution in [3.63, 3.8) is 0 Å². The highest BCUT2D eigenvalue weighted by Gasteiger charge is 2.14. The van der Waals surface area contributed by atoms with Crippen molar-refractivity contribution >= 4 is 11.6 Å². The zero-order chi connectivity index (χ0) is 13.5. The van der Waals surface area contributed by atoms with Gasteiger partial charge in [0.2, 0.25) is 0 Å². The molecule has 0 saturated carbocycles. The third kappa shape index (κ3) is 4.07. The van der Waals surface area contributed by atoms with E-state index in [1.807, 2.05) is 5.48 Å². The summed E-state index contributed by atoms with van der Waals surface area (Å²) in [6.07, 6.45) is 0. The van der Waals surface area contributed by atoms with Crippen LogP contribution in [0.4, 0.5) is 10.1 Å². The number of nitrogens with one attached hydrogen (secondary N) is 1. The molecule has 0 aromatic heterocycles. The van der Waals surface area contributed by atoms with Crippen molar-refractivity contribution in [1.29, 1.82) is 0 Å². The van der Waals surface area contributed by atoms with E-state index in [0.717, 1.165) is 18.2 Å². The van der Waals surface area contributed by atoms with Crippen LogP contribution in [0.25, 0.3) is 0 Å². The van der Waals surface area contributed by atoms with E-state index in [2.05, 4.69) is 4.74 Å². The van der Waals surface area contributed by atoms with Gasteiger partial charge in [0, 0.05) is 13.2 Å². The molecule has 0 radical (unpaired) electrons. The molecule has 0 aliphatic rings. The van der Waals surface area contributed by atoms with Crippen molar-refractivity contribution < 1.29 is 23.7 Å². The zero-order valence-electron chi connectivity index (χ0n) is 9.51. The Balaban J connectivity index is 2.70. The molecular formula is C10H11FN2O5. The fourth-order valence-electron chi connectivity index (χ4n) is 1.11. The van der Waals surface area contributed by atoms with Crippen LogP contribution in [-0.4, -0.2) is 31.2 Å². The number of non-ortho nitro benzene ring substituents is 1. The first-order chi connectivity index (χ1) is 8.54. The standard InChI is InChI=1S/C10H11FN2O5/c1-17-2-3-18-12-10(14)7-4-8(11)6-9(5-7)13(15)16/h4-6H,2-3H2,1H3,(H,12,14). The maximum Gasteiger partial charge on any atom is 0.275 e. The third-order valence-electron chi connectivity index (χ3n) is 1.91. The Hall–Kier alpha value is -2.06. The number of rotatable bonds is 6. The number of methoxy groups -OCH3 is 1. The van der Waals surface area contributed by atoms with E-state index in [-0.39, 0.29) is 18.8 Å². The monoisotopic (exact) mass is 258 g/mol. The molecule has 0 spiro atoms. The summed E-state index contributed by atoms with van der Waals surface area (Å²) in [5.41, 5.74) is 1.32. The molecule has 0 saturated heterocycles. The molecule has 1 aromatic rings. The second kappa shape index (κ2) is 6.62. The number of halogens is 1. The maximum atomic E-state index is 13.0. The minimum absolute atomic E-state index is 0.111. The first-order valence-electron chi connectivity index (χ1n) is 4.90.